The highest BCUT2D eigenvalue weighted by Gasteiger charge is 2.37. The SMILES string of the molecule is CCCC1CCCCN1CC1(CNC)CCC(C)CC1. The third-order valence-electron chi connectivity index (χ3n) is 5.80. The molecule has 2 aliphatic rings. The van der Waals surface area contributed by atoms with Gasteiger partial charge < -0.3 is 5.32 Å². The monoisotopic (exact) mass is 280 g/mol. The summed E-state index contributed by atoms with van der Waals surface area (Å²) < 4.78 is 0. The normalized spacial score (nSPS) is 36.1. The first-order chi connectivity index (χ1) is 9.69. The van der Waals surface area contributed by atoms with Crippen molar-refractivity contribution in [3.05, 3.63) is 0 Å². The van der Waals surface area contributed by atoms with Gasteiger partial charge in [-0.15, -0.1) is 0 Å². The molecule has 1 unspecified atom stereocenters. The predicted octanol–water partition coefficient (Wildman–Crippen LogP) is 4.06. The quantitative estimate of drug-likeness (QED) is 0.789. The number of rotatable bonds is 6. The van der Waals surface area contributed by atoms with Crippen molar-refractivity contribution in [2.45, 2.75) is 77.7 Å². The third-order valence-corrected chi connectivity index (χ3v) is 5.80. The lowest BCUT2D eigenvalue weighted by atomic mass is 9.70. The molecule has 2 heteroatoms. The Morgan fingerprint density at radius 2 is 1.90 bits per heavy atom. The summed E-state index contributed by atoms with van der Waals surface area (Å²) in [6, 6.07) is 0.877. The minimum Gasteiger partial charge on any atom is -0.319 e. The Bertz CT molecular complexity index is 267. The predicted molar refractivity (Wildman–Crippen MR) is 88.1 cm³/mol. The van der Waals surface area contributed by atoms with Crippen molar-refractivity contribution >= 4 is 0 Å². The van der Waals surface area contributed by atoms with E-state index in [1.54, 1.807) is 0 Å². The number of hydrogen-bond donors (Lipinski definition) is 1. The van der Waals surface area contributed by atoms with Gasteiger partial charge in [0.25, 0.3) is 0 Å². The molecule has 0 amide bonds. The Labute approximate surface area is 126 Å². The second-order valence-electron chi connectivity index (χ2n) is 7.62. The van der Waals surface area contributed by atoms with Crippen molar-refractivity contribution in [3.63, 3.8) is 0 Å². The molecule has 1 heterocycles. The second-order valence-corrected chi connectivity index (χ2v) is 7.62. The average molecular weight is 281 g/mol. The zero-order valence-corrected chi connectivity index (χ0v) is 14.1. The minimum absolute atomic E-state index is 0.560. The van der Waals surface area contributed by atoms with Gasteiger partial charge in [-0.25, -0.2) is 0 Å². The van der Waals surface area contributed by atoms with E-state index in [1.807, 2.05) is 0 Å². The van der Waals surface area contributed by atoms with Crippen LogP contribution < -0.4 is 5.32 Å². The summed E-state index contributed by atoms with van der Waals surface area (Å²) in [5.74, 6) is 0.952. The summed E-state index contributed by atoms with van der Waals surface area (Å²) in [5.41, 5.74) is 0.560. The number of piperidine rings is 1. The van der Waals surface area contributed by atoms with E-state index in [1.165, 1.54) is 77.4 Å². The van der Waals surface area contributed by atoms with Gasteiger partial charge in [0.2, 0.25) is 0 Å². The summed E-state index contributed by atoms with van der Waals surface area (Å²) in [6.45, 7) is 8.70. The number of likely N-dealkylation sites (tertiary alicyclic amines) is 1. The van der Waals surface area contributed by atoms with Crippen LogP contribution in [0.5, 0.6) is 0 Å². The Balaban J connectivity index is 1.98. The fourth-order valence-electron chi connectivity index (χ4n) is 4.50. The molecule has 1 saturated heterocycles. The molecular weight excluding hydrogens is 244 g/mol. The van der Waals surface area contributed by atoms with Gasteiger partial charge in [0.05, 0.1) is 0 Å². The smallest absolute Gasteiger partial charge is 0.00954 e. The molecule has 1 aliphatic heterocycles. The standard InChI is InChI=1S/C18H36N2/c1-4-7-17-8-5-6-13-20(17)15-18(14-19-3)11-9-16(2)10-12-18/h16-17,19H,4-15H2,1-3H3. The first-order valence-corrected chi connectivity index (χ1v) is 9.08. The largest absolute Gasteiger partial charge is 0.319 e. The second kappa shape index (κ2) is 7.79. The van der Waals surface area contributed by atoms with Crippen LogP contribution in [0.3, 0.4) is 0 Å². The Morgan fingerprint density at radius 1 is 1.15 bits per heavy atom. The van der Waals surface area contributed by atoms with E-state index >= 15 is 0 Å². The van der Waals surface area contributed by atoms with Crippen molar-refractivity contribution < 1.29 is 0 Å². The summed E-state index contributed by atoms with van der Waals surface area (Å²) >= 11 is 0. The first kappa shape index (κ1) is 16.3. The summed E-state index contributed by atoms with van der Waals surface area (Å²) in [7, 11) is 2.14. The molecule has 0 aromatic carbocycles. The first-order valence-electron chi connectivity index (χ1n) is 9.08. The molecule has 1 saturated carbocycles. The van der Waals surface area contributed by atoms with Crippen LogP contribution in [-0.2, 0) is 0 Å². The maximum Gasteiger partial charge on any atom is 0.00954 e. The van der Waals surface area contributed by atoms with Crippen LogP contribution in [-0.4, -0.2) is 37.6 Å². The maximum atomic E-state index is 3.50. The Morgan fingerprint density at radius 3 is 2.55 bits per heavy atom. The topological polar surface area (TPSA) is 15.3 Å². The van der Waals surface area contributed by atoms with Crippen molar-refractivity contribution in [1.82, 2.24) is 10.2 Å². The Kier molecular flexibility index (Phi) is 6.35. The van der Waals surface area contributed by atoms with Crippen LogP contribution in [0.1, 0.15) is 71.6 Å². The van der Waals surface area contributed by atoms with Crippen LogP contribution >= 0.6 is 0 Å². The molecule has 1 atom stereocenters. The molecule has 2 fully saturated rings. The molecule has 20 heavy (non-hydrogen) atoms. The van der Waals surface area contributed by atoms with Crippen LogP contribution in [0.4, 0.5) is 0 Å². The van der Waals surface area contributed by atoms with Crippen molar-refractivity contribution in [2.75, 3.05) is 26.7 Å². The molecule has 1 N–H and O–H groups in total. The van der Waals surface area contributed by atoms with E-state index in [0.717, 1.165) is 12.0 Å². The molecule has 118 valence electrons. The molecule has 0 spiro atoms. The van der Waals surface area contributed by atoms with E-state index in [-0.39, 0.29) is 0 Å². The summed E-state index contributed by atoms with van der Waals surface area (Å²) in [4.78, 5) is 2.86. The van der Waals surface area contributed by atoms with Gasteiger partial charge in [0, 0.05) is 19.1 Å². The number of nitrogens with zero attached hydrogens (tertiary/aromatic N) is 1. The van der Waals surface area contributed by atoms with E-state index in [9.17, 15) is 0 Å². The zero-order chi connectivity index (χ0) is 14.4. The molecule has 0 aromatic rings. The van der Waals surface area contributed by atoms with Crippen LogP contribution in [0.25, 0.3) is 0 Å². The molecule has 2 nitrogen and oxygen atoms in total. The Hall–Kier alpha value is -0.0800. The highest BCUT2D eigenvalue weighted by atomic mass is 15.2. The van der Waals surface area contributed by atoms with Crippen molar-refractivity contribution in [3.8, 4) is 0 Å². The van der Waals surface area contributed by atoms with Gasteiger partial charge in [-0.3, -0.25) is 4.90 Å². The van der Waals surface area contributed by atoms with Gasteiger partial charge in [-0.1, -0.05) is 39.5 Å². The molecule has 0 radical (unpaired) electrons. The summed E-state index contributed by atoms with van der Waals surface area (Å²) in [6.07, 6.45) is 12.8. The zero-order valence-electron chi connectivity index (χ0n) is 14.1. The van der Waals surface area contributed by atoms with Gasteiger partial charge in [-0.05, 0) is 57.0 Å². The lowest BCUT2D eigenvalue weighted by Gasteiger charge is -2.46. The third kappa shape index (κ3) is 4.21. The number of hydrogen-bond acceptors (Lipinski definition) is 2. The molecule has 1 aliphatic carbocycles. The highest BCUT2D eigenvalue weighted by Crippen LogP contribution is 2.40. The van der Waals surface area contributed by atoms with Gasteiger partial charge >= 0.3 is 0 Å². The van der Waals surface area contributed by atoms with E-state index in [0.29, 0.717) is 5.41 Å². The molecule has 2 rings (SSSR count). The highest BCUT2D eigenvalue weighted by molar-refractivity contribution is 4.91. The van der Waals surface area contributed by atoms with Gasteiger partial charge in [0.15, 0.2) is 0 Å². The fraction of sp³-hybridized carbons (Fsp3) is 1.00. The van der Waals surface area contributed by atoms with Crippen LogP contribution in [0.2, 0.25) is 0 Å². The number of nitrogens with one attached hydrogen (secondary N) is 1. The van der Waals surface area contributed by atoms with Crippen LogP contribution in [0.15, 0.2) is 0 Å². The lowest BCUT2D eigenvalue weighted by molar-refractivity contribution is 0.0439. The van der Waals surface area contributed by atoms with Gasteiger partial charge in [-0.2, -0.15) is 0 Å². The summed E-state index contributed by atoms with van der Waals surface area (Å²) in [5, 5.41) is 3.50. The van der Waals surface area contributed by atoms with Crippen LogP contribution in [0, 0.1) is 11.3 Å². The van der Waals surface area contributed by atoms with Crippen molar-refractivity contribution in [2.24, 2.45) is 11.3 Å². The fourth-order valence-corrected chi connectivity index (χ4v) is 4.50. The van der Waals surface area contributed by atoms with Gasteiger partial charge in [0.1, 0.15) is 0 Å². The minimum atomic E-state index is 0.560. The molecule has 0 bridgehead atoms. The van der Waals surface area contributed by atoms with Crippen molar-refractivity contribution in [1.29, 1.82) is 0 Å². The maximum absolute atomic E-state index is 3.50. The molecule has 0 aromatic heterocycles. The average Bonchev–Trinajstić information content (AvgIpc) is 2.45. The van der Waals surface area contributed by atoms with E-state index < -0.39 is 0 Å². The van der Waals surface area contributed by atoms with E-state index in [2.05, 4.69) is 31.1 Å². The molecular formula is C18H36N2. The van der Waals surface area contributed by atoms with E-state index in [4.69, 9.17) is 0 Å². The lowest BCUT2D eigenvalue weighted by Crippen LogP contribution is -2.50.